The molecular formula is C14H21BrN2. The molecule has 0 spiro atoms. The lowest BCUT2D eigenvalue weighted by Crippen LogP contribution is -2.37. The fourth-order valence-electron chi connectivity index (χ4n) is 2.50. The standard InChI is InChI=1S/C14H21BrN2/c1-10-5-3-4-8-17(10)14-7-6-12(11(2)16)9-13(14)15/h6-7,9-11H,3-5,8,16H2,1-2H3. The number of benzene rings is 1. The highest BCUT2D eigenvalue weighted by atomic mass is 79.9. The molecule has 0 amide bonds. The summed E-state index contributed by atoms with van der Waals surface area (Å²) in [5.74, 6) is 0. The summed E-state index contributed by atoms with van der Waals surface area (Å²) in [7, 11) is 0. The summed E-state index contributed by atoms with van der Waals surface area (Å²) in [6, 6.07) is 7.23. The number of hydrogen-bond acceptors (Lipinski definition) is 2. The maximum absolute atomic E-state index is 5.90. The Balaban J connectivity index is 2.26. The van der Waals surface area contributed by atoms with Crippen LogP contribution in [0.25, 0.3) is 0 Å². The van der Waals surface area contributed by atoms with Crippen molar-refractivity contribution in [2.45, 2.75) is 45.2 Å². The monoisotopic (exact) mass is 296 g/mol. The molecule has 1 saturated heterocycles. The Kier molecular flexibility index (Phi) is 4.10. The van der Waals surface area contributed by atoms with E-state index in [0.717, 1.165) is 6.54 Å². The molecule has 2 rings (SSSR count). The number of nitrogens with two attached hydrogens (primary N) is 1. The van der Waals surface area contributed by atoms with Crippen LogP contribution < -0.4 is 10.6 Å². The summed E-state index contributed by atoms with van der Waals surface area (Å²) >= 11 is 3.68. The van der Waals surface area contributed by atoms with Gasteiger partial charge in [0, 0.05) is 23.1 Å². The van der Waals surface area contributed by atoms with Crippen LogP contribution in [-0.4, -0.2) is 12.6 Å². The van der Waals surface area contributed by atoms with Gasteiger partial charge in [-0.3, -0.25) is 0 Å². The molecule has 0 aromatic heterocycles. The molecule has 2 N–H and O–H groups in total. The van der Waals surface area contributed by atoms with E-state index in [1.807, 2.05) is 6.92 Å². The molecule has 17 heavy (non-hydrogen) atoms. The van der Waals surface area contributed by atoms with Gasteiger partial charge in [0.15, 0.2) is 0 Å². The largest absolute Gasteiger partial charge is 0.368 e. The van der Waals surface area contributed by atoms with Crippen LogP contribution in [0.1, 0.15) is 44.7 Å². The molecular weight excluding hydrogens is 276 g/mol. The Bertz CT molecular complexity index is 390. The molecule has 1 aliphatic rings. The summed E-state index contributed by atoms with van der Waals surface area (Å²) in [6.07, 6.45) is 3.94. The number of piperidine rings is 1. The summed E-state index contributed by atoms with van der Waals surface area (Å²) < 4.78 is 1.17. The van der Waals surface area contributed by atoms with Crippen LogP contribution in [-0.2, 0) is 0 Å². The van der Waals surface area contributed by atoms with Crippen molar-refractivity contribution in [2.24, 2.45) is 5.73 Å². The van der Waals surface area contributed by atoms with Gasteiger partial charge in [-0.25, -0.2) is 0 Å². The molecule has 94 valence electrons. The van der Waals surface area contributed by atoms with Gasteiger partial charge < -0.3 is 10.6 Å². The quantitative estimate of drug-likeness (QED) is 0.898. The van der Waals surface area contributed by atoms with Crippen molar-refractivity contribution in [3.05, 3.63) is 28.2 Å². The highest BCUT2D eigenvalue weighted by Crippen LogP contribution is 2.32. The normalized spacial score (nSPS) is 22.6. The van der Waals surface area contributed by atoms with Crippen molar-refractivity contribution >= 4 is 21.6 Å². The van der Waals surface area contributed by atoms with Gasteiger partial charge in [-0.2, -0.15) is 0 Å². The molecule has 3 heteroatoms. The van der Waals surface area contributed by atoms with Crippen LogP contribution >= 0.6 is 15.9 Å². The molecule has 1 aromatic rings. The molecule has 0 radical (unpaired) electrons. The minimum atomic E-state index is 0.0964. The summed E-state index contributed by atoms with van der Waals surface area (Å²) in [4.78, 5) is 2.50. The molecule has 0 bridgehead atoms. The van der Waals surface area contributed by atoms with Gasteiger partial charge in [0.2, 0.25) is 0 Å². The van der Waals surface area contributed by atoms with E-state index in [1.54, 1.807) is 0 Å². The Labute approximate surface area is 112 Å². The zero-order chi connectivity index (χ0) is 12.4. The number of hydrogen-bond donors (Lipinski definition) is 1. The molecule has 0 aliphatic carbocycles. The minimum Gasteiger partial charge on any atom is -0.368 e. The van der Waals surface area contributed by atoms with E-state index in [9.17, 15) is 0 Å². The summed E-state index contributed by atoms with van der Waals surface area (Å²) in [6.45, 7) is 5.49. The number of halogens is 1. The molecule has 2 nitrogen and oxygen atoms in total. The SMILES string of the molecule is CC(N)c1ccc(N2CCCCC2C)c(Br)c1. The van der Waals surface area contributed by atoms with Gasteiger partial charge in [0.25, 0.3) is 0 Å². The molecule has 1 aromatic carbocycles. The lowest BCUT2D eigenvalue weighted by Gasteiger charge is -2.36. The molecule has 1 aliphatic heterocycles. The third-order valence-electron chi connectivity index (χ3n) is 3.61. The van der Waals surface area contributed by atoms with Crippen LogP contribution in [0, 0.1) is 0 Å². The lowest BCUT2D eigenvalue weighted by atomic mass is 10.0. The zero-order valence-electron chi connectivity index (χ0n) is 10.6. The van der Waals surface area contributed by atoms with Crippen molar-refractivity contribution in [2.75, 3.05) is 11.4 Å². The second kappa shape index (κ2) is 5.40. The third kappa shape index (κ3) is 2.83. The van der Waals surface area contributed by atoms with E-state index in [-0.39, 0.29) is 6.04 Å². The third-order valence-corrected chi connectivity index (χ3v) is 4.25. The predicted octanol–water partition coefficient (Wildman–Crippen LogP) is 3.85. The first-order chi connectivity index (χ1) is 8.09. The van der Waals surface area contributed by atoms with Crippen molar-refractivity contribution in [1.29, 1.82) is 0 Å². The summed E-state index contributed by atoms with van der Waals surface area (Å²) in [5.41, 5.74) is 8.40. The summed E-state index contributed by atoms with van der Waals surface area (Å²) in [5, 5.41) is 0. The maximum Gasteiger partial charge on any atom is 0.0513 e. The van der Waals surface area contributed by atoms with Gasteiger partial charge in [-0.05, 0) is 66.7 Å². The Morgan fingerprint density at radius 1 is 1.41 bits per heavy atom. The van der Waals surface area contributed by atoms with Gasteiger partial charge in [0.1, 0.15) is 0 Å². The Hall–Kier alpha value is -0.540. The molecule has 2 unspecified atom stereocenters. The van der Waals surface area contributed by atoms with Gasteiger partial charge in [0.05, 0.1) is 5.69 Å². The second-order valence-corrected chi connectivity index (χ2v) is 5.89. The van der Waals surface area contributed by atoms with Crippen LogP contribution in [0.4, 0.5) is 5.69 Å². The smallest absolute Gasteiger partial charge is 0.0513 e. The van der Waals surface area contributed by atoms with Crippen LogP contribution in [0.2, 0.25) is 0 Å². The van der Waals surface area contributed by atoms with Crippen molar-refractivity contribution in [1.82, 2.24) is 0 Å². The zero-order valence-corrected chi connectivity index (χ0v) is 12.2. The fraction of sp³-hybridized carbons (Fsp3) is 0.571. The Morgan fingerprint density at radius 3 is 2.76 bits per heavy atom. The first-order valence-electron chi connectivity index (χ1n) is 6.41. The fourth-order valence-corrected chi connectivity index (χ4v) is 3.12. The van der Waals surface area contributed by atoms with E-state index in [4.69, 9.17) is 5.73 Å². The highest BCUT2D eigenvalue weighted by Gasteiger charge is 2.20. The number of anilines is 1. The lowest BCUT2D eigenvalue weighted by molar-refractivity contribution is 0.484. The molecule has 1 fully saturated rings. The molecule has 2 atom stereocenters. The second-order valence-electron chi connectivity index (χ2n) is 5.04. The van der Waals surface area contributed by atoms with Crippen LogP contribution in [0.3, 0.4) is 0 Å². The van der Waals surface area contributed by atoms with E-state index in [1.165, 1.54) is 35.0 Å². The van der Waals surface area contributed by atoms with E-state index < -0.39 is 0 Å². The topological polar surface area (TPSA) is 29.3 Å². The van der Waals surface area contributed by atoms with Crippen molar-refractivity contribution < 1.29 is 0 Å². The Morgan fingerprint density at radius 2 is 2.18 bits per heavy atom. The minimum absolute atomic E-state index is 0.0964. The molecule has 1 heterocycles. The molecule has 0 saturated carbocycles. The average molecular weight is 297 g/mol. The van der Waals surface area contributed by atoms with Crippen LogP contribution in [0.5, 0.6) is 0 Å². The van der Waals surface area contributed by atoms with E-state index in [0.29, 0.717) is 6.04 Å². The van der Waals surface area contributed by atoms with E-state index in [2.05, 4.69) is 46.0 Å². The van der Waals surface area contributed by atoms with Crippen molar-refractivity contribution in [3.63, 3.8) is 0 Å². The number of rotatable bonds is 2. The van der Waals surface area contributed by atoms with Crippen molar-refractivity contribution in [3.8, 4) is 0 Å². The van der Waals surface area contributed by atoms with Gasteiger partial charge in [-0.1, -0.05) is 6.07 Å². The van der Waals surface area contributed by atoms with Gasteiger partial charge >= 0.3 is 0 Å². The average Bonchev–Trinajstić information content (AvgIpc) is 2.30. The number of nitrogens with zero attached hydrogens (tertiary/aromatic N) is 1. The first kappa shape index (κ1) is 12.9. The highest BCUT2D eigenvalue weighted by molar-refractivity contribution is 9.10. The maximum atomic E-state index is 5.90. The van der Waals surface area contributed by atoms with Crippen LogP contribution in [0.15, 0.2) is 22.7 Å². The predicted molar refractivity (Wildman–Crippen MR) is 77.4 cm³/mol. The van der Waals surface area contributed by atoms with E-state index >= 15 is 0 Å². The van der Waals surface area contributed by atoms with Gasteiger partial charge in [-0.15, -0.1) is 0 Å². The first-order valence-corrected chi connectivity index (χ1v) is 7.20.